The Kier molecular flexibility index (Phi) is 6.22. The van der Waals surface area contributed by atoms with Crippen LogP contribution in [0.3, 0.4) is 0 Å². The lowest BCUT2D eigenvalue weighted by Gasteiger charge is -2.17. The minimum atomic E-state index is -0.600. The molecular formula is C25H18Cl2N2O4. The maximum atomic E-state index is 12.9. The van der Waals surface area contributed by atoms with E-state index in [-0.39, 0.29) is 10.7 Å². The quantitative estimate of drug-likeness (QED) is 0.291. The first-order valence-electron chi connectivity index (χ1n) is 9.96. The molecule has 1 aliphatic heterocycles. The van der Waals surface area contributed by atoms with Crippen LogP contribution < -0.4 is 15.0 Å². The van der Waals surface area contributed by atoms with Gasteiger partial charge in [0, 0.05) is 10.7 Å². The number of para-hydroxylation sites is 1. The summed E-state index contributed by atoms with van der Waals surface area (Å²) in [6.45, 7) is 3.59. The number of hydrogen-bond acceptors (Lipinski definition) is 5. The molecule has 0 unspecified atom stereocenters. The average Bonchev–Trinajstić information content (AvgIpc) is 3.00. The Balaban J connectivity index is 1.49. The standard InChI is InChI=1S/C25H18Cl2N2O4/c1-14-5-3-4-6-19(14)29-23(30)21(27)22(24(29)31)28-18-10-7-16(8-11-18)25(32)33-20-12-9-17(26)13-15(20)2/h3-13,28H,1-2H3. The monoisotopic (exact) mass is 480 g/mol. The van der Waals surface area contributed by atoms with Crippen LogP contribution in [-0.4, -0.2) is 17.8 Å². The lowest BCUT2D eigenvalue weighted by Crippen LogP contribution is -2.32. The Morgan fingerprint density at radius 3 is 2.24 bits per heavy atom. The smallest absolute Gasteiger partial charge is 0.343 e. The highest BCUT2D eigenvalue weighted by atomic mass is 35.5. The summed E-state index contributed by atoms with van der Waals surface area (Å²) in [5.41, 5.74) is 2.73. The zero-order valence-corrected chi connectivity index (χ0v) is 19.2. The summed E-state index contributed by atoms with van der Waals surface area (Å²) < 4.78 is 5.43. The molecule has 3 aromatic carbocycles. The highest BCUT2D eigenvalue weighted by molar-refractivity contribution is 6.53. The van der Waals surface area contributed by atoms with Crippen molar-refractivity contribution < 1.29 is 19.1 Å². The first-order chi connectivity index (χ1) is 15.8. The summed E-state index contributed by atoms with van der Waals surface area (Å²) in [6.07, 6.45) is 0. The second-order valence-electron chi connectivity index (χ2n) is 7.42. The second kappa shape index (κ2) is 9.10. The number of benzene rings is 3. The van der Waals surface area contributed by atoms with Gasteiger partial charge >= 0.3 is 5.97 Å². The topological polar surface area (TPSA) is 75.7 Å². The fourth-order valence-electron chi connectivity index (χ4n) is 3.36. The molecule has 2 amide bonds. The van der Waals surface area contributed by atoms with Gasteiger partial charge in [-0.15, -0.1) is 0 Å². The minimum Gasteiger partial charge on any atom is -0.423 e. The van der Waals surface area contributed by atoms with Crippen LogP contribution in [0.5, 0.6) is 5.75 Å². The number of esters is 1. The number of nitrogens with zero attached hydrogens (tertiary/aromatic N) is 1. The highest BCUT2D eigenvalue weighted by Gasteiger charge is 2.39. The SMILES string of the molecule is Cc1cc(Cl)ccc1OC(=O)c1ccc(NC2=C(Cl)C(=O)N(c3ccccc3C)C2=O)cc1. The summed E-state index contributed by atoms with van der Waals surface area (Å²) >= 11 is 12.1. The summed E-state index contributed by atoms with van der Waals surface area (Å²) in [5.74, 6) is -1.28. The van der Waals surface area contributed by atoms with Crippen LogP contribution >= 0.6 is 23.2 Å². The fraction of sp³-hybridized carbons (Fsp3) is 0.0800. The molecule has 0 aromatic heterocycles. The molecule has 0 radical (unpaired) electrons. The number of rotatable bonds is 5. The molecular weight excluding hydrogens is 463 g/mol. The molecule has 0 fully saturated rings. The van der Waals surface area contributed by atoms with Gasteiger partial charge in [0.05, 0.1) is 11.3 Å². The number of amides is 2. The van der Waals surface area contributed by atoms with Gasteiger partial charge < -0.3 is 10.1 Å². The zero-order chi connectivity index (χ0) is 23.7. The van der Waals surface area contributed by atoms with Crippen molar-refractivity contribution in [3.8, 4) is 5.75 Å². The number of aryl methyl sites for hydroxylation is 2. The Morgan fingerprint density at radius 1 is 0.879 bits per heavy atom. The molecule has 0 saturated carbocycles. The van der Waals surface area contributed by atoms with Gasteiger partial charge in [-0.3, -0.25) is 9.59 Å². The van der Waals surface area contributed by atoms with Gasteiger partial charge in [-0.1, -0.05) is 41.4 Å². The van der Waals surface area contributed by atoms with Crippen LogP contribution in [-0.2, 0) is 9.59 Å². The largest absolute Gasteiger partial charge is 0.423 e. The first-order valence-corrected chi connectivity index (χ1v) is 10.7. The molecule has 166 valence electrons. The van der Waals surface area contributed by atoms with Gasteiger partial charge in [-0.25, -0.2) is 9.69 Å². The molecule has 0 spiro atoms. The van der Waals surface area contributed by atoms with E-state index in [9.17, 15) is 14.4 Å². The molecule has 1 heterocycles. The molecule has 1 N–H and O–H groups in total. The van der Waals surface area contributed by atoms with Crippen LogP contribution in [0.2, 0.25) is 5.02 Å². The van der Waals surface area contributed by atoms with E-state index in [1.54, 1.807) is 74.5 Å². The minimum absolute atomic E-state index is 0.0305. The molecule has 0 aliphatic carbocycles. The summed E-state index contributed by atoms with van der Waals surface area (Å²) in [6, 6.07) is 18.3. The first kappa shape index (κ1) is 22.6. The van der Waals surface area contributed by atoms with Crippen LogP contribution in [0.1, 0.15) is 21.5 Å². The van der Waals surface area contributed by atoms with E-state index in [0.29, 0.717) is 27.7 Å². The number of nitrogens with one attached hydrogen (secondary N) is 1. The number of halogens is 2. The van der Waals surface area contributed by atoms with E-state index in [1.807, 2.05) is 6.07 Å². The lowest BCUT2D eigenvalue weighted by atomic mass is 10.2. The van der Waals surface area contributed by atoms with Crippen molar-refractivity contribution in [2.75, 3.05) is 10.2 Å². The normalized spacial score (nSPS) is 13.5. The van der Waals surface area contributed by atoms with Crippen molar-refractivity contribution in [3.05, 3.63) is 99.2 Å². The van der Waals surface area contributed by atoms with Crippen molar-refractivity contribution in [2.24, 2.45) is 0 Å². The molecule has 0 saturated heterocycles. The number of anilines is 2. The Bertz CT molecular complexity index is 1320. The van der Waals surface area contributed by atoms with Crippen molar-refractivity contribution in [1.29, 1.82) is 0 Å². The molecule has 6 nitrogen and oxygen atoms in total. The maximum Gasteiger partial charge on any atom is 0.343 e. The average molecular weight is 481 g/mol. The van der Waals surface area contributed by atoms with Crippen LogP contribution in [0.15, 0.2) is 77.5 Å². The molecule has 4 rings (SSSR count). The van der Waals surface area contributed by atoms with Crippen molar-refractivity contribution >= 4 is 52.4 Å². The van der Waals surface area contributed by atoms with Gasteiger partial charge in [0.1, 0.15) is 16.5 Å². The van der Waals surface area contributed by atoms with E-state index in [0.717, 1.165) is 16.0 Å². The second-order valence-corrected chi connectivity index (χ2v) is 8.24. The number of carbonyl (C=O) groups excluding carboxylic acids is 3. The molecule has 8 heteroatoms. The lowest BCUT2D eigenvalue weighted by molar-refractivity contribution is -0.120. The van der Waals surface area contributed by atoms with E-state index in [2.05, 4.69) is 5.32 Å². The fourth-order valence-corrected chi connectivity index (χ4v) is 3.80. The highest BCUT2D eigenvalue weighted by Crippen LogP contribution is 2.32. The van der Waals surface area contributed by atoms with Gasteiger partial charge in [0.25, 0.3) is 11.8 Å². The summed E-state index contributed by atoms with van der Waals surface area (Å²) in [7, 11) is 0. The number of carbonyl (C=O) groups is 3. The molecule has 1 aliphatic rings. The van der Waals surface area contributed by atoms with Crippen molar-refractivity contribution in [2.45, 2.75) is 13.8 Å². The van der Waals surface area contributed by atoms with E-state index < -0.39 is 17.8 Å². The molecule has 0 bridgehead atoms. The summed E-state index contributed by atoms with van der Waals surface area (Å²) in [4.78, 5) is 39.1. The predicted octanol–water partition coefficient (Wildman–Crippen LogP) is 5.61. The maximum absolute atomic E-state index is 12.9. The molecule has 0 atom stereocenters. The molecule has 33 heavy (non-hydrogen) atoms. The van der Waals surface area contributed by atoms with Crippen LogP contribution in [0.25, 0.3) is 0 Å². The third-order valence-corrected chi connectivity index (χ3v) is 5.70. The van der Waals surface area contributed by atoms with Crippen LogP contribution in [0.4, 0.5) is 11.4 Å². The third-order valence-electron chi connectivity index (χ3n) is 5.11. The Labute approximate surface area is 200 Å². The Hall–Kier alpha value is -3.61. The van der Waals surface area contributed by atoms with Gasteiger partial charge in [-0.2, -0.15) is 0 Å². The predicted molar refractivity (Wildman–Crippen MR) is 128 cm³/mol. The number of ether oxygens (including phenoxy) is 1. The number of hydrogen-bond donors (Lipinski definition) is 1. The van der Waals surface area contributed by atoms with Gasteiger partial charge in [0.15, 0.2) is 0 Å². The van der Waals surface area contributed by atoms with E-state index in [4.69, 9.17) is 27.9 Å². The molecule has 3 aromatic rings. The van der Waals surface area contributed by atoms with Crippen LogP contribution in [0, 0.1) is 13.8 Å². The van der Waals surface area contributed by atoms with Gasteiger partial charge in [-0.05, 0) is 73.5 Å². The van der Waals surface area contributed by atoms with Crippen molar-refractivity contribution in [3.63, 3.8) is 0 Å². The number of imide groups is 1. The Morgan fingerprint density at radius 2 is 1.58 bits per heavy atom. The van der Waals surface area contributed by atoms with Gasteiger partial charge in [0.2, 0.25) is 0 Å². The summed E-state index contributed by atoms with van der Waals surface area (Å²) in [5, 5.41) is 3.24. The van der Waals surface area contributed by atoms with E-state index in [1.165, 1.54) is 0 Å². The third kappa shape index (κ3) is 4.49. The van der Waals surface area contributed by atoms with E-state index >= 15 is 0 Å². The van der Waals surface area contributed by atoms with Crippen molar-refractivity contribution in [1.82, 2.24) is 0 Å². The zero-order valence-electron chi connectivity index (χ0n) is 17.7.